The van der Waals surface area contributed by atoms with Gasteiger partial charge in [-0.25, -0.2) is 4.39 Å². The molecule has 0 aliphatic rings. The Morgan fingerprint density at radius 2 is 2.00 bits per heavy atom. The minimum Gasteiger partial charge on any atom is -0.349 e. The number of rotatable bonds is 6. The number of carbonyl (C=O) groups excluding carboxylic acids is 1. The summed E-state index contributed by atoms with van der Waals surface area (Å²) in [6.07, 6.45) is 1.72. The standard InChI is InChI=1S/C14H21FN2O/c1-3-4-12(9-16)14(18)17-10(2)11-5-7-13(15)8-6-11/h5-8,10,12H,3-4,9,16H2,1-2H3,(H,17,18). The van der Waals surface area contributed by atoms with Gasteiger partial charge >= 0.3 is 0 Å². The average molecular weight is 252 g/mol. The maximum absolute atomic E-state index is 12.8. The van der Waals surface area contributed by atoms with E-state index in [4.69, 9.17) is 5.73 Å². The van der Waals surface area contributed by atoms with Gasteiger partial charge in [0.1, 0.15) is 5.82 Å². The Hall–Kier alpha value is -1.42. The molecule has 3 N–H and O–H groups in total. The molecule has 0 bridgehead atoms. The van der Waals surface area contributed by atoms with E-state index in [-0.39, 0.29) is 23.7 Å². The van der Waals surface area contributed by atoms with Gasteiger partial charge in [-0.05, 0) is 31.0 Å². The summed E-state index contributed by atoms with van der Waals surface area (Å²) < 4.78 is 12.8. The maximum Gasteiger partial charge on any atom is 0.224 e. The zero-order valence-electron chi connectivity index (χ0n) is 10.9. The second-order valence-corrected chi connectivity index (χ2v) is 4.50. The van der Waals surface area contributed by atoms with Crippen molar-refractivity contribution in [3.63, 3.8) is 0 Å². The van der Waals surface area contributed by atoms with Crippen LogP contribution in [0.15, 0.2) is 24.3 Å². The number of benzene rings is 1. The highest BCUT2D eigenvalue weighted by Crippen LogP contribution is 2.14. The van der Waals surface area contributed by atoms with Crippen molar-refractivity contribution >= 4 is 5.91 Å². The van der Waals surface area contributed by atoms with E-state index in [0.29, 0.717) is 6.54 Å². The molecule has 100 valence electrons. The SMILES string of the molecule is CCCC(CN)C(=O)NC(C)c1ccc(F)cc1. The highest BCUT2D eigenvalue weighted by Gasteiger charge is 2.18. The Kier molecular flexibility index (Phi) is 5.78. The van der Waals surface area contributed by atoms with Crippen LogP contribution in [0.25, 0.3) is 0 Å². The molecule has 0 radical (unpaired) electrons. The van der Waals surface area contributed by atoms with Gasteiger partial charge in [-0.2, -0.15) is 0 Å². The van der Waals surface area contributed by atoms with Crippen molar-refractivity contribution in [1.29, 1.82) is 0 Å². The highest BCUT2D eigenvalue weighted by molar-refractivity contribution is 5.79. The summed E-state index contributed by atoms with van der Waals surface area (Å²) in [5.41, 5.74) is 6.47. The highest BCUT2D eigenvalue weighted by atomic mass is 19.1. The Morgan fingerprint density at radius 1 is 1.39 bits per heavy atom. The number of nitrogens with one attached hydrogen (secondary N) is 1. The second-order valence-electron chi connectivity index (χ2n) is 4.50. The van der Waals surface area contributed by atoms with Gasteiger partial charge in [-0.15, -0.1) is 0 Å². The van der Waals surface area contributed by atoms with E-state index in [1.165, 1.54) is 12.1 Å². The van der Waals surface area contributed by atoms with E-state index >= 15 is 0 Å². The summed E-state index contributed by atoms with van der Waals surface area (Å²) in [6.45, 7) is 4.26. The van der Waals surface area contributed by atoms with E-state index in [0.717, 1.165) is 18.4 Å². The molecule has 18 heavy (non-hydrogen) atoms. The number of halogens is 1. The lowest BCUT2D eigenvalue weighted by atomic mass is 10.0. The molecular formula is C14H21FN2O. The van der Waals surface area contributed by atoms with E-state index in [1.54, 1.807) is 12.1 Å². The zero-order chi connectivity index (χ0) is 13.5. The van der Waals surface area contributed by atoms with Gasteiger partial charge in [0, 0.05) is 6.54 Å². The normalized spacial score (nSPS) is 14.0. The minimum absolute atomic E-state index is 0.0313. The van der Waals surface area contributed by atoms with Gasteiger partial charge < -0.3 is 11.1 Å². The predicted octanol–water partition coefficient (Wildman–Crippen LogP) is 2.38. The first-order valence-corrected chi connectivity index (χ1v) is 6.34. The number of nitrogens with two attached hydrogens (primary N) is 1. The molecule has 0 saturated carbocycles. The first kappa shape index (κ1) is 14.6. The van der Waals surface area contributed by atoms with Gasteiger partial charge in [0.25, 0.3) is 0 Å². The van der Waals surface area contributed by atoms with Crippen molar-refractivity contribution in [2.24, 2.45) is 11.7 Å². The molecule has 0 spiro atoms. The Bertz CT molecular complexity index is 378. The lowest BCUT2D eigenvalue weighted by molar-refractivity contribution is -0.125. The molecule has 0 saturated heterocycles. The fourth-order valence-electron chi connectivity index (χ4n) is 1.87. The first-order valence-electron chi connectivity index (χ1n) is 6.34. The largest absolute Gasteiger partial charge is 0.349 e. The molecular weight excluding hydrogens is 231 g/mol. The van der Waals surface area contributed by atoms with Crippen LogP contribution in [-0.2, 0) is 4.79 Å². The van der Waals surface area contributed by atoms with Crippen molar-refractivity contribution in [3.05, 3.63) is 35.6 Å². The van der Waals surface area contributed by atoms with E-state index in [9.17, 15) is 9.18 Å². The van der Waals surface area contributed by atoms with Gasteiger partial charge in [-0.1, -0.05) is 25.5 Å². The van der Waals surface area contributed by atoms with Crippen LogP contribution in [0.5, 0.6) is 0 Å². The molecule has 1 rings (SSSR count). The monoisotopic (exact) mass is 252 g/mol. The molecule has 4 heteroatoms. The molecule has 0 fully saturated rings. The van der Waals surface area contributed by atoms with Crippen molar-refractivity contribution in [2.45, 2.75) is 32.7 Å². The third kappa shape index (κ3) is 4.11. The minimum atomic E-state index is -0.275. The molecule has 0 heterocycles. The molecule has 1 amide bonds. The molecule has 0 aliphatic carbocycles. The summed E-state index contributed by atoms with van der Waals surface area (Å²) >= 11 is 0. The van der Waals surface area contributed by atoms with Crippen LogP contribution in [0.4, 0.5) is 4.39 Å². The van der Waals surface area contributed by atoms with E-state index in [2.05, 4.69) is 5.32 Å². The zero-order valence-corrected chi connectivity index (χ0v) is 10.9. The summed E-state index contributed by atoms with van der Waals surface area (Å²) in [5.74, 6) is -0.447. The van der Waals surface area contributed by atoms with Crippen LogP contribution in [0.2, 0.25) is 0 Å². The molecule has 3 nitrogen and oxygen atoms in total. The van der Waals surface area contributed by atoms with Crippen LogP contribution in [-0.4, -0.2) is 12.5 Å². The molecule has 2 atom stereocenters. The number of hydrogen-bond acceptors (Lipinski definition) is 2. The van der Waals surface area contributed by atoms with Crippen molar-refractivity contribution in [1.82, 2.24) is 5.32 Å². The van der Waals surface area contributed by atoms with Crippen LogP contribution in [0, 0.1) is 11.7 Å². The Morgan fingerprint density at radius 3 is 2.50 bits per heavy atom. The first-order chi connectivity index (χ1) is 8.58. The average Bonchev–Trinajstić information content (AvgIpc) is 2.36. The van der Waals surface area contributed by atoms with Crippen LogP contribution in [0.1, 0.15) is 38.3 Å². The molecule has 1 aromatic carbocycles. The third-order valence-electron chi connectivity index (χ3n) is 3.02. The van der Waals surface area contributed by atoms with Gasteiger partial charge in [0.15, 0.2) is 0 Å². The Labute approximate surface area is 108 Å². The van der Waals surface area contributed by atoms with Crippen LogP contribution < -0.4 is 11.1 Å². The molecule has 1 aromatic rings. The van der Waals surface area contributed by atoms with E-state index in [1.807, 2.05) is 13.8 Å². The van der Waals surface area contributed by atoms with Gasteiger partial charge in [-0.3, -0.25) is 4.79 Å². The molecule has 0 aromatic heterocycles. The van der Waals surface area contributed by atoms with Crippen molar-refractivity contribution < 1.29 is 9.18 Å². The summed E-state index contributed by atoms with van der Waals surface area (Å²) in [5, 5.41) is 2.91. The van der Waals surface area contributed by atoms with E-state index < -0.39 is 0 Å². The van der Waals surface area contributed by atoms with Crippen LogP contribution in [0.3, 0.4) is 0 Å². The van der Waals surface area contributed by atoms with Crippen molar-refractivity contribution in [2.75, 3.05) is 6.54 Å². The summed E-state index contributed by atoms with van der Waals surface area (Å²) in [7, 11) is 0. The molecule has 0 aliphatic heterocycles. The quantitative estimate of drug-likeness (QED) is 0.816. The topological polar surface area (TPSA) is 55.1 Å². The fourth-order valence-corrected chi connectivity index (χ4v) is 1.87. The Balaban J connectivity index is 2.60. The predicted molar refractivity (Wildman–Crippen MR) is 70.4 cm³/mol. The molecule has 2 unspecified atom stereocenters. The van der Waals surface area contributed by atoms with Gasteiger partial charge in [0.05, 0.1) is 12.0 Å². The smallest absolute Gasteiger partial charge is 0.224 e. The lowest BCUT2D eigenvalue weighted by Gasteiger charge is -2.19. The van der Waals surface area contributed by atoms with Crippen LogP contribution >= 0.6 is 0 Å². The lowest BCUT2D eigenvalue weighted by Crippen LogP contribution is -2.36. The number of amides is 1. The maximum atomic E-state index is 12.8. The number of hydrogen-bond donors (Lipinski definition) is 2. The summed E-state index contributed by atoms with van der Waals surface area (Å²) in [6, 6.07) is 6.01. The third-order valence-corrected chi connectivity index (χ3v) is 3.02. The van der Waals surface area contributed by atoms with Gasteiger partial charge in [0.2, 0.25) is 5.91 Å². The second kappa shape index (κ2) is 7.11. The fraction of sp³-hybridized carbons (Fsp3) is 0.500. The van der Waals surface area contributed by atoms with Crippen molar-refractivity contribution in [3.8, 4) is 0 Å². The summed E-state index contributed by atoms with van der Waals surface area (Å²) in [4.78, 5) is 11.9. The number of carbonyl (C=O) groups is 1.